The fourth-order valence-corrected chi connectivity index (χ4v) is 1.73. The lowest BCUT2D eigenvalue weighted by atomic mass is 10.1. The van der Waals surface area contributed by atoms with Crippen molar-refractivity contribution in [2.75, 3.05) is 18.6 Å². The molecule has 0 aliphatic carbocycles. The summed E-state index contributed by atoms with van der Waals surface area (Å²) < 4.78 is 10.7. The maximum atomic E-state index is 11.2. The predicted octanol–water partition coefficient (Wildman–Crippen LogP) is 0.389. The number of hydrogen-bond donors (Lipinski definition) is 2. The molecule has 90 valence electrons. The fraction of sp³-hybridized carbons (Fsp3) is 0.900. The van der Waals surface area contributed by atoms with Gasteiger partial charge in [-0.25, -0.2) is 0 Å². The maximum Gasteiger partial charge on any atom is 0.219 e. The van der Waals surface area contributed by atoms with Gasteiger partial charge in [-0.1, -0.05) is 0 Å². The molecule has 4 nitrogen and oxygen atoms in total. The van der Waals surface area contributed by atoms with Crippen LogP contribution in [0.1, 0.15) is 32.6 Å². The van der Waals surface area contributed by atoms with Gasteiger partial charge in [0, 0.05) is 41.8 Å². The number of nitrogens with two attached hydrogens (primary N) is 1. The van der Waals surface area contributed by atoms with Crippen molar-refractivity contribution in [1.82, 2.24) is 5.32 Å². The zero-order valence-electron chi connectivity index (χ0n) is 9.62. The molecule has 0 fully saturated rings. The molecule has 0 saturated carbocycles. The van der Waals surface area contributed by atoms with Crippen molar-refractivity contribution in [3.8, 4) is 0 Å². The zero-order valence-corrected chi connectivity index (χ0v) is 10.4. The molecule has 0 saturated heterocycles. The largest absolute Gasteiger partial charge is 0.356 e. The van der Waals surface area contributed by atoms with Crippen LogP contribution in [0.2, 0.25) is 0 Å². The average molecular weight is 234 g/mol. The van der Waals surface area contributed by atoms with E-state index in [0.29, 0.717) is 18.7 Å². The van der Waals surface area contributed by atoms with Crippen LogP contribution in [0.15, 0.2) is 0 Å². The third-order valence-corrected chi connectivity index (χ3v) is 2.86. The highest BCUT2D eigenvalue weighted by Crippen LogP contribution is 1.97. The normalized spacial score (nSPS) is 14.6. The van der Waals surface area contributed by atoms with Gasteiger partial charge in [-0.2, -0.15) is 0 Å². The van der Waals surface area contributed by atoms with E-state index in [9.17, 15) is 9.00 Å². The molecule has 0 aliphatic rings. The summed E-state index contributed by atoms with van der Waals surface area (Å²) in [4.78, 5) is 11.2. The summed E-state index contributed by atoms with van der Waals surface area (Å²) in [5.74, 6) is 0.720. The molecule has 0 aromatic carbocycles. The van der Waals surface area contributed by atoms with E-state index in [1.807, 2.05) is 6.92 Å². The fourth-order valence-electron chi connectivity index (χ4n) is 1.18. The van der Waals surface area contributed by atoms with Crippen LogP contribution in [0.5, 0.6) is 0 Å². The lowest BCUT2D eigenvalue weighted by Crippen LogP contribution is -2.25. The van der Waals surface area contributed by atoms with Crippen molar-refractivity contribution in [2.45, 2.75) is 38.6 Å². The second-order valence-electron chi connectivity index (χ2n) is 3.85. The van der Waals surface area contributed by atoms with Crippen molar-refractivity contribution >= 4 is 16.7 Å². The predicted molar refractivity (Wildman–Crippen MR) is 64.1 cm³/mol. The minimum absolute atomic E-state index is 0.0672. The van der Waals surface area contributed by atoms with Gasteiger partial charge in [-0.05, 0) is 26.2 Å². The molecule has 15 heavy (non-hydrogen) atoms. The maximum absolute atomic E-state index is 11.2. The molecular weight excluding hydrogens is 212 g/mol. The Hall–Kier alpha value is -0.420. The Morgan fingerprint density at radius 3 is 2.67 bits per heavy atom. The Kier molecular flexibility index (Phi) is 8.61. The number of carbonyl (C=O) groups excluding carboxylic acids is 1. The summed E-state index contributed by atoms with van der Waals surface area (Å²) in [6.45, 7) is 2.56. The molecule has 0 aromatic rings. The average Bonchev–Trinajstić information content (AvgIpc) is 2.11. The van der Waals surface area contributed by atoms with E-state index in [0.717, 1.165) is 19.3 Å². The van der Waals surface area contributed by atoms with Gasteiger partial charge in [0.25, 0.3) is 0 Å². The number of rotatable bonds is 8. The van der Waals surface area contributed by atoms with Gasteiger partial charge >= 0.3 is 0 Å². The van der Waals surface area contributed by atoms with E-state index in [4.69, 9.17) is 5.73 Å². The van der Waals surface area contributed by atoms with Crippen LogP contribution < -0.4 is 11.1 Å². The second kappa shape index (κ2) is 8.85. The summed E-state index contributed by atoms with van der Waals surface area (Å²) in [5.41, 5.74) is 5.57. The van der Waals surface area contributed by atoms with Crippen molar-refractivity contribution < 1.29 is 9.00 Å². The first kappa shape index (κ1) is 14.6. The highest BCUT2D eigenvalue weighted by atomic mass is 32.2. The molecular formula is C10H22N2O2S. The van der Waals surface area contributed by atoms with E-state index in [-0.39, 0.29) is 11.9 Å². The molecule has 0 rings (SSSR count). The summed E-state index contributed by atoms with van der Waals surface area (Å²) >= 11 is 0. The van der Waals surface area contributed by atoms with Gasteiger partial charge in [0.05, 0.1) is 0 Å². The third-order valence-electron chi connectivity index (χ3n) is 1.99. The SMILES string of the molecule is CC(N)CCCC(=O)NCCCS(C)=O. The van der Waals surface area contributed by atoms with Gasteiger partial charge in [0.2, 0.25) is 5.91 Å². The summed E-state index contributed by atoms with van der Waals surface area (Å²) in [6, 6.07) is 0.167. The summed E-state index contributed by atoms with van der Waals surface area (Å²) in [6.07, 6.45) is 4.71. The Morgan fingerprint density at radius 1 is 1.47 bits per heavy atom. The van der Waals surface area contributed by atoms with Crippen LogP contribution in [0.3, 0.4) is 0 Å². The van der Waals surface area contributed by atoms with Gasteiger partial charge < -0.3 is 11.1 Å². The lowest BCUT2D eigenvalue weighted by Gasteiger charge is -2.06. The molecule has 2 atom stereocenters. The Balaban J connectivity index is 3.30. The Bertz CT molecular complexity index is 208. The second-order valence-corrected chi connectivity index (χ2v) is 5.40. The molecule has 0 aromatic heterocycles. The number of nitrogens with one attached hydrogen (secondary N) is 1. The number of amides is 1. The lowest BCUT2D eigenvalue weighted by molar-refractivity contribution is -0.121. The standard InChI is InChI=1S/C10H22N2O2S/c1-9(11)5-3-6-10(13)12-7-4-8-15(2)14/h9H,3-8,11H2,1-2H3,(H,12,13). The van der Waals surface area contributed by atoms with E-state index < -0.39 is 10.8 Å². The molecule has 3 N–H and O–H groups in total. The molecule has 1 amide bonds. The van der Waals surface area contributed by atoms with E-state index in [1.54, 1.807) is 6.26 Å². The van der Waals surface area contributed by atoms with E-state index >= 15 is 0 Å². The quantitative estimate of drug-likeness (QED) is 0.597. The first-order valence-electron chi connectivity index (χ1n) is 5.34. The van der Waals surface area contributed by atoms with Gasteiger partial charge in [0.1, 0.15) is 0 Å². The molecule has 0 radical (unpaired) electrons. The van der Waals surface area contributed by atoms with E-state index in [1.165, 1.54) is 0 Å². The first-order chi connectivity index (χ1) is 7.02. The van der Waals surface area contributed by atoms with Crippen molar-refractivity contribution in [1.29, 1.82) is 0 Å². The monoisotopic (exact) mass is 234 g/mol. The highest BCUT2D eigenvalue weighted by molar-refractivity contribution is 7.84. The third kappa shape index (κ3) is 11.5. The number of carbonyl (C=O) groups is 1. The van der Waals surface area contributed by atoms with Crippen LogP contribution in [0.4, 0.5) is 0 Å². The zero-order chi connectivity index (χ0) is 11.7. The van der Waals surface area contributed by atoms with Crippen LogP contribution in [0, 0.1) is 0 Å². The molecule has 0 aliphatic heterocycles. The number of hydrogen-bond acceptors (Lipinski definition) is 3. The molecule has 0 heterocycles. The topological polar surface area (TPSA) is 72.2 Å². The molecule has 2 unspecified atom stereocenters. The molecule has 0 spiro atoms. The minimum Gasteiger partial charge on any atom is -0.356 e. The highest BCUT2D eigenvalue weighted by Gasteiger charge is 2.01. The summed E-state index contributed by atoms with van der Waals surface area (Å²) in [7, 11) is -0.760. The molecule has 0 bridgehead atoms. The smallest absolute Gasteiger partial charge is 0.219 e. The van der Waals surface area contributed by atoms with Gasteiger partial charge in [0.15, 0.2) is 0 Å². The van der Waals surface area contributed by atoms with Crippen LogP contribution >= 0.6 is 0 Å². The van der Waals surface area contributed by atoms with Crippen molar-refractivity contribution in [2.24, 2.45) is 5.73 Å². The van der Waals surface area contributed by atoms with Gasteiger partial charge in [-0.3, -0.25) is 9.00 Å². The van der Waals surface area contributed by atoms with Crippen LogP contribution in [-0.2, 0) is 15.6 Å². The Morgan fingerprint density at radius 2 is 2.13 bits per heavy atom. The van der Waals surface area contributed by atoms with Crippen LogP contribution in [0.25, 0.3) is 0 Å². The van der Waals surface area contributed by atoms with Gasteiger partial charge in [-0.15, -0.1) is 0 Å². The summed E-state index contributed by atoms with van der Waals surface area (Å²) in [5, 5.41) is 2.80. The van der Waals surface area contributed by atoms with Crippen molar-refractivity contribution in [3.63, 3.8) is 0 Å². The van der Waals surface area contributed by atoms with Crippen molar-refractivity contribution in [3.05, 3.63) is 0 Å². The Labute approximate surface area is 94.4 Å². The van der Waals surface area contributed by atoms with Crippen LogP contribution in [-0.4, -0.2) is 34.7 Å². The molecule has 5 heteroatoms. The van der Waals surface area contributed by atoms with E-state index in [2.05, 4.69) is 5.32 Å². The first-order valence-corrected chi connectivity index (χ1v) is 7.07. The minimum atomic E-state index is -0.760.